The van der Waals surface area contributed by atoms with Crippen molar-refractivity contribution in [1.82, 2.24) is 20.9 Å². The number of piperidine rings is 2. The number of carbonyl (C=O) groups excluding carboxylic acids is 2. The first-order chi connectivity index (χ1) is 17.6. The Morgan fingerprint density at radius 3 is 2.64 bits per heavy atom. The van der Waals surface area contributed by atoms with Crippen molar-refractivity contribution in [1.29, 1.82) is 0 Å². The molecule has 9 heteroatoms. The Labute approximate surface area is 215 Å². The Bertz CT molecular complexity index is 1170. The van der Waals surface area contributed by atoms with Gasteiger partial charge in [0.05, 0.1) is 16.3 Å². The van der Waals surface area contributed by atoms with Crippen LogP contribution in [0.5, 0.6) is 11.5 Å². The third-order valence-corrected chi connectivity index (χ3v) is 8.76. The molecule has 8 nitrogen and oxygen atoms in total. The lowest BCUT2D eigenvalue weighted by Crippen LogP contribution is -2.62. The van der Waals surface area contributed by atoms with Gasteiger partial charge in [-0.3, -0.25) is 9.69 Å². The van der Waals surface area contributed by atoms with Gasteiger partial charge >= 0.3 is 6.03 Å². The van der Waals surface area contributed by atoms with Crippen LogP contribution in [-0.2, 0) is 4.79 Å². The van der Waals surface area contributed by atoms with E-state index in [1.54, 1.807) is 11.8 Å². The molecule has 6 rings (SSSR count). The summed E-state index contributed by atoms with van der Waals surface area (Å²) in [7, 11) is 2.09. The first-order valence-electron chi connectivity index (χ1n) is 12.6. The van der Waals surface area contributed by atoms with Gasteiger partial charge in [0.15, 0.2) is 0 Å². The van der Waals surface area contributed by atoms with Crippen LogP contribution in [0.1, 0.15) is 19.3 Å². The predicted octanol–water partition coefficient (Wildman–Crippen LogP) is 3.48. The van der Waals surface area contributed by atoms with E-state index >= 15 is 0 Å². The van der Waals surface area contributed by atoms with E-state index < -0.39 is 0 Å². The van der Waals surface area contributed by atoms with Gasteiger partial charge in [0, 0.05) is 29.9 Å². The molecule has 2 aromatic carbocycles. The molecule has 4 aliphatic heterocycles. The molecule has 0 radical (unpaired) electrons. The van der Waals surface area contributed by atoms with Gasteiger partial charge in [-0.1, -0.05) is 30.0 Å². The highest BCUT2D eigenvalue weighted by Gasteiger charge is 2.51. The zero-order valence-corrected chi connectivity index (χ0v) is 21.1. The molecule has 4 atom stereocenters. The number of rotatable bonds is 5. The van der Waals surface area contributed by atoms with Crippen molar-refractivity contribution < 1.29 is 14.3 Å². The molecule has 0 bridgehead atoms. The molecular weight excluding hydrogens is 474 g/mol. The van der Waals surface area contributed by atoms with E-state index in [1.165, 1.54) is 0 Å². The molecule has 3 N–H and O–H groups in total. The molecule has 4 aliphatic rings. The van der Waals surface area contributed by atoms with Crippen LogP contribution in [0.25, 0.3) is 0 Å². The Kier molecular flexibility index (Phi) is 6.37. The molecule has 0 spiro atoms. The SMILES string of the molecule is CN1CCC[C@@H](NC(=O)C2=C3NC(=O)N(c4ccc(Oc5ccccc5)cc4)C4CCNC(S2)C34)C1. The summed E-state index contributed by atoms with van der Waals surface area (Å²) in [6.07, 6.45) is 2.89. The third-order valence-electron chi connectivity index (χ3n) is 7.40. The van der Waals surface area contributed by atoms with Crippen LogP contribution in [0.3, 0.4) is 0 Å². The molecule has 3 saturated heterocycles. The van der Waals surface area contributed by atoms with Gasteiger partial charge in [-0.2, -0.15) is 0 Å². The summed E-state index contributed by atoms with van der Waals surface area (Å²) in [5, 5.41) is 9.94. The fourth-order valence-corrected chi connectivity index (χ4v) is 7.16. The molecule has 188 valence electrons. The number of anilines is 1. The van der Waals surface area contributed by atoms with Crippen LogP contribution < -0.4 is 25.6 Å². The van der Waals surface area contributed by atoms with Crippen LogP contribution in [-0.4, -0.2) is 61.0 Å². The maximum atomic E-state index is 13.4. The smallest absolute Gasteiger partial charge is 0.326 e. The highest BCUT2D eigenvalue weighted by atomic mass is 32.2. The molecule has 3 amide bonds. The van der Waals surface area contributed by atoms with Crippen LogP contribution in [0.4, 0.5) is 10.5 Å². The molecule has 0 aliphatic carbocycles. The van der Waals surface area contributed by atoms with E-state index in [2.05, 4.69) is 27.9 Å². The topological polar surface area (TPSA) is 85.9 Å². The largest absolute Gasteiger partial charge is 0.457 e. The van der Waals surface area contributed by atoms with Crippen molar-refractivity contribution in [3.05, 3.63) is 65.2 Å². The summed E-state index contributed by atoms with van der Waals surface area (Å²) in [5.41, 5.74) is 1.60. The number of hydrogen-bond donors (Lipinski definition) is 3. The van der Waals surface area contributed by atoms with Gasteiger partial charge in [-0.05, 0) is 75.8 Å². The van der Waals surface area contributed by atoms with Crippen LogP contribution >= 0.6 is 11.8 Å². The maximum absolute atomic E-state index is 13.4. The van der Waals surface area contributed by atoms with E-state index in [9.17, 15) is 9.59 Å². The van der Waals surface area contributed by atoms with Gasteiger partial charge in [-0.25, -0.2) is 4.79 Å². The van der Waals surface area contributed by atoms with Crippen LogP contribution in [0.2, 0.25) is 0 Å². The zero-order chi connectivity index (χ0) is 24.6. The summed E-state index contributed by atoms with van der Waals surface area (Å²) in [6, 6.07) is 17.2. The number of nitrogens with one attached hydrogen (secondary N) is 3. The molecule has 0 saturated carbocycles. The average Bonchev–Trinajstić information content (AvgIpc) is 3.25. The zero-order valence-electron chi connectivity index (χ0n) is 20.3. The number of para-hydroxylation sites is 1. The summed E-state index contributed by atoms with van der Waals surface area (Å²) in [6.45, 7) is 2.72. The minimum absolute atomic E-state index is 0.0143. The number of benzene rings is 2. The highest BCUT2D eigenvalue weighted by Crippen LogP contribution is 2.48. The van der Waals surface area contributed by atoms with Gasteiger partial charge in [0.1, 0.15) is 11.5 Å². The van der Waals surface area contributed by atoms with Crippen molar-refractivity contribution in [3.63, 3.8) is 0 Å². The molecule has 36 heavy (non-hydrogen) atoms. The number of carbonyl (C=O) groups is 2. The lowest BCUT2D eigenvalue weighted by Gasteiger charge is -2.45. The number of amides is 3. The molecule has 2 aromatic rings. The Morgan fingerprint density at radius 1 is 1.08 bits per heavy atom. The van der Waals surface area contributed by atoms with Gasteiger partial charge in [0.25, 0.3) is 5.91 Å². The lowest BCUT2D eigenvalue weighted by atomic mass is 9.86. The minimum atomic E-state index is -0.186. The molecule has 4 heterocycles. The fraction of sp³-hybridized carbons (Fsp3) is 0.407. The first kappa shape index (κ1) is 23.4. The third kappa shape index (κ3) is 4.47. The van der Waals surface area contributed by atoms with E-state index in [1.807, 2.05) is 59.5 Å². The molecular formula is C27H31N5O3S. The van der Waals surface area contributed by atoms with E-state index in [0.29, 0.717) is 4.91 Å². The van der Waals surface area contributed by atoms with Crippen LogP contribution in [0.15, 0.2) is 65.2 Å². The van der Waals surface area contributed by atoms with Crippen LogP contribution in [0, 0.1) is 5.92 Å². The number of thioether (sulfide) groups is 1. The molecule has 0 aromatic heterocycles. The monoisotopic (exact) mass is 505 g/mol. The summed E-state index contributed by atoms with van der Waals surface area (Å²) in [5.74, 6) is 1.46. The van der Waals surface area contributed by atoms with Crippen molar-refractivity contribution in [2.24, 2.45) is 5.92 Å². The van der Waals surface area contributed by atoms with Crippen molar-refractivity contribution in [2.45, 2.75) is 36.7 Å². The lowest BCUT2D eigenvalue weighted by molar-refractivity contribution is -0.117. The number of likely N-dealkylation sites (tertiary alicyclic amines) is 1. The summed E-state index contributed by atoms with van der Waals surface area (Å²) in [4.78, 5) is 31.4. The minimum Gasteiger partial charge on any atom is -0.457 e. The van der Waals surface area contributed by atoms with Crippen molar-refractivity contribution in [3.8, 4) is 11.5 Å². The number of ether oxygens (including phenoxy) is 1. The predicted molar refractivity (Wildman–Crippen MR) is 141 cm³/mol. The second-order valence-corrected chi connectivity index (χ2v) is 11.1. The number of urea groups is 1. The van der Waals surface area contributed by atoms with E-state index in [4.69, 9.17) is 4.74 Å². The van der Waals surface area contributed by atoms with E-state index in [-0.39, 0.29) is 35.3 Å². The number of hydrogen-bond acceptors (Lipinski definition) is 6. The Morgan fingerprint density at radius 2 is 1.86 bits per heavy atom. The standard InChI is InChI=1S/C27H31N5O3S/c1-31-15-5-6-17(16-31)29-25(33)24-23-22-21(13-14-28-26(22)36-24)32(27(34)30-23)18-9-11-20(12-10-18)35-19-7-3-2-4-8-19/h2-4,7-12,17,21-22,26,28H,5-6,13-16H2,1H3,(H,29,33)(H,30,34)/t17-,21?,22?,26?/m1/s1. The molecule has 3 unspecified atom stereocenters. The quantitative estimate of drug-likeness (QED) is 0.577. The number of likely N-dealkylation sites (N-methyl/N-ethyl adjacent to an activating group) is 1. The average molecular weight is 506 g/mol. The molecule has 3 fully saturated rings. The van der Waals surface area contributed by atoms with E-state index in [0.717, 1.165) is 61.8 Å². The second-order valence-electron chi connectivity index (χ2n) is 9.90. The summed E-state index contributed by atoms with van der Waals surface area (Å²) >= 11 is 1.55. The summed E-state index contributed by atoms with van der Waals surface area (Å²) < 4.78 is 5.92. The number of nitrogens with zero attached hydrogens (tertiary/aromatic N) is 2. The van der Waals surface area contributed by atoms with Gasteiger partial charge in [-0.15, -0.1) is 0 Å². The Balaban J connectivity index is 1.22. The first-order valence-corrected chi connectivity index (χ1v) is 13.5. The second kappa shape index (κ2) is 9.80. The maximum Gasteiger partial charge on any atom is 0.326 e. The van der Waals surface area contributed by atoms with Gasteiger partial charge in [0.2, 0.25) is 0 Å². The van der Waals surface area contributed by atoms with Crippen molar-refractivity contribution in [2.75, 3.05) is 31.6 Å². The van der Waals surface area contributed by atoms with Gasteiger partial charge < -0.3 is 25.6 Å². The normalized spacial score (nSPS) is 27.9. The van der Waals surface area contributed by atoms with Crippen molar-refractivity contribution >= 4 is 29.4 Å². The Hall–Kier alpha value is -3.01. The highest BCUT2D eigenvalue weighted by molar-refractivity contribution is 8.04. The fourth-order valence-electron chi connectivity index (χ4n) is 5.76.